The van der Waals surface area contributed by atoms with Gasteiger partial charge in [-0.05, 0) is 61.6 Å². The van der Waals surface area contributed by atoms with Gasteiger partial charge < -0.3 is 15.4 Å². The number of carbonyl (C=O) groups is 1. The Balaban J connectivity index is 1.65. The molecule has 0 aromatic heterocycles. The molecule has 1 aliphatic rings. The second-order valence-corrected chi connectivity index (χ2v) is 7.42. The monoisotopic (exact) mass is 385 g/mol. The Bertz CT molecular complexity index is 759. The van der Waals surface area contributed by atoms with Gasteiger partial charge >= 0.3 is 0 Å². The van der Waals surface area contributed by atoms with Gasteiger partial charge in [-0.2, -0.15) is 0 Å². The highest BCUT2D eigenvalue weighted by atomic mass is 35.5. The molecule has 3 rings (SSSR count). The first-order chi connectivity index (χ1) is 13.2. The highest BCUT2D eigenvalue weighted by molar-refractivity contribution is 6.30. The molecule has 4 nitrogen and oxygen atoms in total. The van der Waals surface area contributed by atoms with Crippen LogP contribution in [0.3, 0.4) is 0 Å². The zero-order valence-corrected chi connectivity index (χ0v) is 16.4. The van der Waals surface area contributed by atoms with E-state index >= 15 is 0 Å². The molecule has 1 aliphatic heterocycles. The lowest BCUT2D eigenvalue weighted by atomic mass is 9.94. The molecule has 0 bridgehead atoms. The highest BCUT2D eigenvalue weighted by Crippen LogP contribution is 2.26. The first-order valence-corrected chi connectivity index (χ1v) is 9.85. The molecule has 143 valence electrons. The third kappa shape index (κ3) is 5.55. The number of amides is 1. The number of halogens is 1. The molecule has 1 fully saturated rings. The molecule has 2 N–H and O–H groups in total. The van der Waals surface area contributed by atoms with Crippen LogP contribution < -0.4 is 10.6 Å². The van der Waals surface area contributed by atoms with Crippen molar-refractivity contribution in [1.82, 2.24) is 10.6 Å². The van der Waals surface area contributed by atoms with E-state index in [1.165, 1.54) is 6.42 Å². The zero-order chi connectivity index (χ0) is 19.1. The number of rotatable bonds is 7. The molecular weight excluding hydrogens is 360 g/mol. The van der Waals surface area contributed by atoms with Crippen molar-refractivity contribution in [3.8, 4) is 11.1 Å². The molecule has 27 heavy (non-hydrogen) atoms. The van der Waals surface area contributed by atoms with Gasteiger partial charge in [0.2, 0.25) is 0 Å². The fourth-order valence-corrected chi connectivity index (χ4v) is 3.71. The van der Waals surface area contributed by atoms with Crippen molar-refractivity contribution in [3.05, 3.63) is 59.1 Å². The second kappa shape index (κ2) is 9.88. The van der Waals surface area contributed by atoms with Crippen molar-refractivity contribution in [3.63, 3.8) is 0 Å². The van der Waals surface area contributed by atoms with E-state index in [2.05, 4.69) is 16.7 Å². The van der Waals surface area contributed by atoms with Crippen LogP contribution in [0.5, 0.6) is 0 Å². The van der Waals surface area contributed by atoms with E-state index in [1.807, 2.05) is 43.4 Å². The summed E-state index contributed by atoms with van der Waals surface area (Å²) < 4.78 is 5.57. The Kier molecular flexibility index (Phi) is 7.27. The molecular formula is C22H26ClN2O2. The molecule has 5 heteroatoms. The minimum absolute atomic E-state index is 0.120. The van der Waals surface area contributed by atoms with Gasteiger partial charge in [-0.15, -0.1) is 0 Å². The number of benzene rings is 2. The maximum absolute atomic E-state index is 12.8. The summed E-state index contributed by atoms with van der Waals surface area (Å²) in [7, 11) is 1.94. The zero-order valence-electron chi connectivity index (χ0n) is 15.6. The minimum atomic E-state index is -0.120. The van der Waals surface area contributed by atoms with Gasteiger partial charge in [0.15, 0.2) is 0 Å². The lowest BCUT2D eigenvalue weighted by Gasteiger charge is -2.26. The molecule has 2 atom stereocenters. The van der Waals surface area contributed by atoms with Gasteiger partial charge in [-0.3, -0.25) is 4.79 Å². The van der Waals surface area contributed by atoms with Crippen molar-refractivity contribution < 1.29 is 9.53 Å². The summed E-state index contributed by atoms with van der Waals surface area (Å²) in [5, 5.41) is 7.02. The standard InChI is InChI=1S/C22H26ClN2O2/c1-24-19(12-16-6-5-11-27-15-16)14-25-22(26)21-10-3-2-9-20(21)17-7-4-8-18(23)13-17/h2-4,7-9,13,16,19,24H,5-6,11-12,14-15H2,1H3,(H,25,26)/t16-,19-/m1/s1. The van der Waals surface area contributed by atoms with E-state index < -0.39 is 0 Å². The van der Waals surface area contributed by atoms with E-state index in [0.717, 1.165) is 37.2 Å². The van der Waals surface area contributed by atoms with Crippen LogP contribution in [0.2, 0.25) is 5.02 Å². The van der Waals surface area contributed by atoms with E-state index in [9.17, 15) is 4.79 Å². The number of ether oxygens (including phenoxy) is 1. The molecule has 0 unspecified atom stereocenters. The smallest absolute Gasteiger partial charge is 0.252 e. The number of nitrogens with one attached hydrogen (secondary N) is 2. The Labute approximate surface area is 166 Å². The number of likely N-dealkylation sites (N-methyl/N-ethyl adjacent to an activating group) is 1. The van der Waals surface area contributed by atoms with Crippen LogP contribution >= 0.6 is 11.6 Å². The minimum Gasteiger partial charge on any atom is -0.381 e. The fraction of sp³-hybridized carbons (Fsp3) is 0.409. The SMILES string of the molecule is CN[C@@H](CNC(=O)c1[c]cccc1-c1cccc(Cl)c1)C[C@H]1CCCOC1. The normalized spacial score (nSPS) is 18.1. The van der Waals surface area contributed by atoms with Gasteiger partial charge in [0, 0.05) is 30.8 Å². The van der Waals surface area contributed by atoms with Crippen LogP contribution in [0.15, 0.2) is 42.5 Å². The average molecular weight is 386 g/mol. The molecule has 1 radical (unpaired) electrons. The maximum atomic E-state index is 12.8. The van der Waals surface area contributed by atoms with E-state index in [4.69, 9.17) is 16.3 Å². The maximum Gasteiger partial charge on any atom is 0.252 e. The number of hydrogen-bond acceptors (Lipinski definition) is 3. The van der Waals surface area contributed by atoms with Crippen molar-refractivity contribution in [2.45, 2.75) is 25.3 Å². The predicted octanol–water partition coefficient (Wildman–Crippen LogP) is 3.94. The van der Waals surface area contributed by atoms with Crippen molar-refractivity contribution in [1.29, 1.82) is 0 Å². The van der Waals surface area contributed by atoms with Crippen LogP contribution in [0.25, 0.3) is 11.1 Å². The summed E-state index contributed by atoms with van der Waals surface area (Å²) >= 11 is 6.11. The highest BCUT2D eigenvalue weighted by Gasteiger charge is 2.20. The molecule has 2 aromatic carbocycles. The molecule has 0 aliphatic carbocycles. The number of hydrogen-bond donors (Lipinski definition) is 2. The van der Waals surface area contributed by atoms with Gasteiger partial charge in [-0.25, -0.2) is 0 Å². The van der Waals surface area contributed by atoms with Crippen LogP contribution in [0, 0.1) is 12.0 Å². The van der Waals surface area contributed by atoms with Crippen molar-refractivity contribution >= 4 is 17.5 Å². The fourth-order valence-electron chi connectivity index (χ4n) is 3.52. The summed E-state index contributed by atoms with van der Waals surface area (Å²) in [6.07, 6.45) is 3.31. The number of carbonyl (C=O) groups excluding carboxylic acids is 1. The van der Waals surface area contributed by atoms with Crippen molar-refractivity contribution in [2.24, 2.45) is 5.92 Å². The molecule has 1 amide bonds. The predicted molar refractivity (Wildman–Crippen MR) is 109 cm³/mol. The summed E-state index contributed by atoms with van der Waals surface area (Å²) in [5.74, 6) is 0.434. The van der Waals surface area contributed by atoms with Gasteiger partial charge in [0.25, 0.3) is 5.91 Å². The van der Waals surface area contributed by atoms with Crippen LogP contribution in [-0.2, 0) is 4.74 Å². The average Bonchev–Trinajstić information content (AvgIpc) is 2.71. The Morgan fingerprint density at radius 2 is 2.26 bits per heavy atom. The topological polar surface area (TPSA) is 50.4 Å². The summed E-state index contributed by atoms with van der Waals surface area (Å²) in [4.78, 5) is 12.8. The first kappa shape index (κ1) is 19.9. The molecule has 1 heterocycles. The van der Waals surface area contributed by atoms with Crippen LogP contribution in [0.1, 0.15) is 29.6 Å². The second-order valence-electron chi connectivity index (χ2n) is 6.98. The van der Waals surface area contributed by atoms with E-state index in [-0.39, 0.29) is 11.9 Å². The Morgan fingerprint density at radius 1 is 1.37 bits per heavy atom. The van der Waals surface area contributed by atoms with E-state index in [0.29, 0.717) is 23.0 Å². The van der Waals surface area contributed by atoms with Crippen molar-refractivity contribution in [2.75, 3.05) is 26.8 Å². The van der Waals surface area contributed by atoms with Crippen LogP contribution in [-0.4, -0.2) is 38.8 Å². The Morgan fingerprint density at radius 3 is 3.00 bits per heavy atom. The Hall–Kier alpha value is -1.88. The third-order valence-electron chi connectivity index (χ3n) is 5.01. The van der Waals surface area contributed by atoms with Gasteiger partial charge in [0.05, 0.1) is 5.56 Å². The van der Waals surface area contributed by atoms with E-state index in [1.54, 1.807) is 6.07 Å². The molecule has 1 saturated heterocycles. The largest absolute Gasteiger partial charge is 0.381 e. The van der Waals surface area contributed by atoms with Crippen LogP contribution in [0.4, 0.5) is 0 Å². The molecule has 2 aromatic rings. The molecule has 0 saturated carbocycles. The van der Waals surface area contributed by atoms with Gasteiger partial charge in [-0.1, -0.05) is 41.9 Å². The molecule has 0 spiro atoms. The quantitative estimate of drug-likeness (QED) is 0.758. The summed E-state index contributed by atoms with van der Waals surface area (Å²) in [6.45, 7) is 2.26. The summed E-state index contributed by atoms with van der Waals surface area (Å²) in [6, 6.07) is 16.4. The third-order valence-corrected chi connectivity index (χ3v) is 5.24. The lowest BCUT2D eigenvalue weighted by Crippen LogP contribution is -2.41. The summed E-state index contributed by atoms with van der Waals surface area (Å²) in [5.41, 5.74) is 2.28. The van der Waals surface area contributed by atoms with Gasteiger partial charge in [0.1, 0.15) is 0 Å². The lowest BCUT2D eigenvalue weighted by molar-refractivity contribution is 0.0478. The first-order valence-electron chi connectivity index (χ1n) is 9.47.